The highest BCUT2D eigenvalue weighted by Crippen LogP contribution is 2.25. The maximum atomic E-state index is 11.8. The van der Waals surface area contributed by atoms with Gasteiger partial charge in [-0.15, -0.1) is 0 Å². The van der Waals surface area contributed by atoms with Crippen molar-refractivity contribution < 1.29 is 16.8 Å². The lowest BCUT2D eigenvalue weighted by Gasteiger charge is -2.06. The van der Waals surface area contributed by atoms with Gasteiger partial charge in [0.25, 0.3) is 0 Å². The maximum absolute atomic E-state index is 11.8. The Hall–Kier alpha value is -2.18. The minimum Gasteiger partial charge on any atom is -0.219 e. The first-order chi connectivity index (χ1) is 10.3. The third-order valence-electron chi connectivity index (χ3n) is 3.12. The van der Waals surface area contributed by atoms with Gasteiger partial charge in [0, 0.05) is 10.8 Å². The maximum Gasteiger partial charge on any atom is 0.199 e. The van der Waals surface area contributed by atoms with Crippen LogP contribution in [-0.4, -0.2) is 16.8 Å². The molecule has 0 amide bonds. The van der Waals surface area contributed by atoms with Crippen LogP contribution in [0.3, 0.4) is 0 Å². The number of sulfone groups is 2. The normalized spacial score (nSPS) is 11.8. The van der Waals surface area contributed by atoms with E-state index in [2.05, 4.69) is 13.2 Å². The van der Waals surface area contributed by atoms with Crippen LogP contribution in [0.2, 0.25) is 0 Å². The van der Waals surface area contributed by atoms with Gasteiger partial charge in [0.1, 0.15) is 0 Å². The standard InChI is InChI=1S/C16H14O4S2/c1-3-21(17,18)15-10-8-13(9-11-15)14-6-5-7-16(12-14)22(19,20)4-2/h3-12H,1-2H2. The van der Waals surface area contributed by atoms with E-state index in [0.717, 1.165) is 10.8 Å². The average molecular weight is 334 g/mol. The molecule has 0 atom stereocenters. The second kappa shape index (κ2) is 5.90. The fourth-order valence-corrected chi connectivity index (χ4v) is 3.34. The molecule has 2 aromatic rings. The van der Waals surface area contributed by atoms with Crippen molar-refractivity contribution in [2.24, 2.45) is 0 Å². The molecule has 0 N–H and O–H groups in total. The predicted octanol–water partition coefficient (Wildman–Crippen LogP) is 3.19. The lowest BCUT2D eigenvalue weighted by molar-refractivity contribution is 0.603. The van der Waals surface area contributed by atoms with Gasteiger partial charge in [-0.1, -0.05) is 37.4 Å². The van der Waals surface area contributed by atoms with Crippen molar-refractivity contribution in [1.29, 1.82) is 0 Å². The highest BCUT2D eigenvalue weighted by Gasteiger charge is 2.12. The van der Waals surface area contributed by atoms with Crippen LogP contribution in [-0.2, 0) is 19.7 Å². The van der Waals surface area contributed by atoms with E-state index >= 15 is 0 Å². The van der Waals surface area contributed by atoms with Crippen molar-refractivity contribution in [3.05, 3.63) is 72.5 Å². The van der Waals surface area contributed by atoms with Crippen molar-refractivity contribution in [2.45, 2.75) is 9.79 Å². The average Bonchev–Trinajstić information content (AvgIpc) is 2.55. The highest BCUT2D eigenvalue weighted by atomic mass is 32.2. The fraction of sp³-hybridized carbons (Fsp3) is 0. The van der Waals surface area contributed by atoms with E-state index in [1.165, 1.54) is 24.3 Å². The molecule has 0 bridgehead atoms. The summed E-state index contributed by atoms with van der Waals surface area (Å²) in [5, 5.41) is 1.78. The summed E-state index contributed by atoms with van der Waals surface area (Å²) >= 11 is 0. The van der Waals surface area contributed by atoms with Crippen molar-refractivity contribution in [2.75, 3.05) is 0 Å². The molecule has 0 saturated heterocycles. The molecule has 22 heavy (non-hydrogen) atoms. The molecule has 6 heteroatoms. The second-order valence-corrected chi connectivity index (χ2v) is 8.27. The van der Waals surface area contributed by atoms with E-state index < -0.39 is 19.7 Å². The number of benzene rings is 2. The first-order valence-corrected chi connectivity index (χ1v) is 9.35. The second-order valence-electron chi connectivity index (χ2n) is 4.48. The summed E-state index contributed by atoms with van der Waals surface area (Å²) in [5.41, 5.74) is 1.38. The molecule has 0 aliphatic rings. The smallest absolute Gasteiger partial charge is 0.199 e. The zero-order chi connectivity index (χ0) is 16.4. The molecule has 0 aliphatic heterocycles. The molecule has 0 aliphatic carbocycles. The van der Waals surface area contributed by atoms with Gasteiger partial charge >= 0.3 is 0 Å². The molecule has 2 aromatic carbocycles. The van der Waals surface area contributed by atoms with Crippen LogP contribution in [0.25, 0.3) is 11.1 Å². The van der Waals surface area contributed by atoms with Gasteiger partial charge in [0.2, 0.25) is 0 Å². The van der Waals surface area contributed by atoms with Crippen LogP contribution in [0.4, 0.5) is 0 Å². The summed E-state index contributed by atoms with van der Waals surface area (Å²) < 4.78 is 46.9. The molecule has 0 saturated carbocycles. The quantitative estimate of drug-likeness (QED) is 0.842. The Labute approximate surface area is 130 Å². The van der Waals surface area contributed by atoms with Gasteiger partial charge in [-0.3, -0.25) is 0 Å². The van der Waals surface area contributed by atoms with E-state index in [0.29, 0.717) is 11.1 Å². The molecule has 0 unspecified atom stereocenters. The summed E-state index contributed by atoms with van der Waals surface area (Å²) in [7, 11) is -6.99. The van der Waals surface area contributed by atoms with Crippen LogP contribution in [0.1, 0.15) is 0 Å². The zero-order valence-corrected chi connectivity index (χ0v) is 13.3. The lowest BCUT2D eigenvalue weighted by atomic mass is 10.1. The third kappa shape index (κ3) is 3.18. The predicted molar refractivity (Wildman–Crippen MR) is 86.6 cm³/mol. The Morgan fingerprint density at radius 2 is 1.23 bits per heavy atom. The number of hydrogen-bond acceptors (Lipinski definition) is 4. The summed E-state index contributed by atoms with van der Waals surface area (Å²) in [6.45, 7) is 6.57. The Morgan fingerprint density at radius 3 is 1.77 bits per heavy atom. The van der Waals surface area contributed by atoms with Crippen LogP contribution >= 0.6 is 0 Å². The molecular weight excluding hydrogens is 320 g/mol. The summed E-state index contributed by atoms with van der Waals surface area (Å²) in [6, 6.07) is 12.5. The number of hydrogen-bond donors (Lipinski definition) is 0. The topological polar surface area (TPSA) is 68.3 Å². The first-order valence-electron chi connectivity index (χ1n) is 6.26. The van der Waals surface area contributed by atoms with Gasteiger partial charge in [-0.2, -0.15) is 0 Å². The van der Waals surface area contributed by atoms with E-state index in [1.807, 2.05) is 0 Å². The van der Waals surface area contributed by atoms with Gasteiger partial charge < -0.3 is 0 Å². The molecule has 4 nitrogen and oxygen atoms in total. The largest absolute Gasteiger partial charge is 0.219 e. The van der Waals surface area contributed by atoms with Crippen LogP contribution in [0, 0.1) is 0 Å². The summed E-state index contributed by atoms with van der Waals surface area (Å²) in [4.78, 5) is 0.281. The van der Waals surface area contributed by atoms with E-state index in [4.69, 9.17) is 0 Å². The van der Waals surface area contributed by atoms with Gasteiger partial charge in [0.15, 0.2) is 19.7 Å². The molecule has 0 radical (unpaired) electrons. The lowest BCUT2D eigenvalue weighted by Crippen LogP contribution is -1.96. The minimum absolute atomic E-state index is 0.140. The third-order valence-corrected chi connectivity index (χ3v) is 5.84. The van der Waals surface area contributed by atoms with Crippen molar-refractivity contribution in [1.82, 2.24) is 0 Å². The molecule has 0 spiro atoms. The van der Waals surface area contributed by atoms with Crippen LogP contribution < -0.4 is 0 Å². The molecular formula is C16H14O4S2. The minimum atomic E-state index is -3.51. The molecule has 2 rings (SSSR count). The molecule has 0 aromatic heterocycles. The van der Waals surface area contributed by atoms with Gasteiger partial charge in [-0.25, -0.2) is 16.8 Å². The van der Waals surface area contributed by atoms with E-state index in [9.17, 15) is 16.8 Å². The Balaban J connectivity index is 2.48. The van der Waals surface area contributed by atoms with Gasteiger partial charge in [-0.05, 0) is 35.4 Å². The molecule has 114 valence electrons. The first kappa shape index (κ1) is 16.2. The van der Waals surface area contributed by atoms with E-state index in [-0.39, 0.29) is 9.79 Å². The monoisotopic (exact) mass is 334 g/mol. The molecule has 0 fully saturated rings. The Morgan fingerprint density at radius 1 is 0.682 bits per heavy atom. The zero-order valence-electron chi connectivity index (χ0n) is 11.6. The Kier molecular flexibility index (Phi) is 4.35. The van der Waals surface area contributed by atoms with Crippen LogP contribution in [0.15, 0.2) is 82.3 Å². The van der Waals surface area contributed by atoms with Gasteiger partial charge in [0.05, 0.1) is 9.79 Å². The van der Waals surface area contributed by atoms with Crippen molar-refractivity contribution in [3.8, 4) is 11.1 Å². The number of rotatable bonds is 5. The van der Waals surface area contributed by atoms with E-state index in [1.54, 1.807) is 24.3 Å². The molecule has 0 heterocycles. The van der Waals surface area contributed by atoms with Crippen molar-refractivity contribution in [3.63, 3.8) is 0 Å². The SMILES string of the molecule is C=CS(=O)(=O)c1ccc(-c2cccc(S(=O)(=O)C=C)c2)cc1. The Bertz CT molecular complexity index is 922. The van der Waals surface area contributed by atoms with Crippen LogP contribution in [0.5, 0.6) is 0 Å². The summed E-state index contributed by atoms with van der Waals surface area (Å²) in [6.07, 6.45) is 0. The fourth-order valence-electron chi connectivity index (χ4n) is 1.88. The highest BCUT2D eigenvalue weighted by molar-refractivity contribution is 7.94. The summed E-state index contributed by atoms with van der Waals surface area (Å²) in [5.74, 6) is 0. The van der Waals surface area contributed by atoms with Crippen molar-refractivity contribution >= 4 is 19.7 Å².